The van der Waals surface area contributed by atoms with Gasteiger partial charge in [-0.2, -0.15) is 0 Å². The van der Waals surface area contributed by atoms with E-state index in [1.54, 1.807) is 0 Å². The molecule has 17 heavy (non-hydrogen) atoms. The number of amides is 1. The molecule has 1 aliphatic heterocycles. The van der Waals surface area contributed by atoms with E-state index < -0.39 is 16.5 Å². The molecule has 1 amide bonds. The summed E-state index contributed by atoms with van der Waals surface area (Å²) in [6, 6.07) is -0.487. The average Bonchev–Trinajstić information content (AvgIpc) is 2.62. The van der Waals surface area contributed by atoms with Gasteiger partial charge in [-0.05, 0) is 13.3 Å². The molecule has 2 rings (SSSR count). The highest BCUT2D eigenvalue weighted by Crippen LogP contribution is 2.54. The molecular weight excluding hydrogens is 289 g/mol. The first-order valence-corrected chi connectivity index (χ1v) is 6.21. The molecule has 0 spiro atoms. The Bertz CT molecular complexity index is 303. The Hall–Kier alpha value is 0.230. The normalized spacial score (nSPS) is 35.9. The van der Waals surface area contributed by atoms with Crippen LogP contribution in [-0.2, 0) is 4.79 Å². The van der Waals surface area contributed by atoms with Crippen LogP contribution in [0.5, 0.6) is 0 Å². The fourth-order valence-corrected chi connectivity index (χ4v) is 2.81. The van der Waals surface area contributed by atoms with Crippen LogP contribution in [0, 0.1) is 5.92 Å². The van der Waals surface area contributed by atoms with Gasteiger partial charge in [0.05, 0.1) is 6.04 Å². The molecule has 2 fully saturated rings. The summed E-state index contributed by atoms with van der Waals surface area (Å²) in [5.74, 6) is -0.0638. The van der Waals surface area contributed by atoms with Gasteiger partial charge in [-0.1, -0.05) is 0 Å². The molecule has 1 saturated carbocycles. The van der Waals surface area contributed by atoms with Crippen LogP contribution in [0.1, 0.15) is 19.8 Å². The molecule has 3 nitrogen and oxygen atoms in total. The minimum Gasteiger partial charge on any atom is -0.352 e. The maximum atomic E-state index is 12.9. The lowest BCUT2D eigenvalue weighted by Crippen LogP contribution is -2.45. The van der Waals surface area contributed by atoms with Crippen molar-refractivity contribution in [1.29, 1.82) is 0 Å². The number of rotatable bonds is 3. The van der Waals surface area contributed by atoms with Crippen molar-refractivity contribution >= 4 is 41.5 Å². The molecule has 0 aromatic rings. The van der Waals surface area contributed by atoms with Gasteiger partial charge in [0.15, 0.2) is 0 Å². The Morgan fingerprint density at radius 2 is 2.18 bits per heavy atom. The van der Waals surface area contributed by atoms with E-state index in [1.807, 2.05) is 6.92 Å². The second-order valence-corrected chi connectivity index (χ2v) is 6.21. The first kappa shape index (κ1) is 15.3. The second-order valence-electron chi connectivity index (χ2n) is 4.66. The lowest BCUT2D eigenvalue weighted by Gasteiger charge is -2.17. The maximum Gasteiger partial charge on any atom is 0.237 e. The van der Waals surface area contributed by atoms with Gasteiger partial charge in [-0.15, -0.1) is 35.6 Å². The van der Waals surface area contributed by atoms with Gasteiger partial charge in [-0.3, -0.25) is 4.79 Å². The summed E-state index contributed by atoms with van der Waals surface area (Å²) in [6.45, 7) is 2.13. The molecule has 2 N–H and O–H groups in total. The molecule has 1 saturated heterocycles. The summed E-state index contributed by atoms with van der Waals surface area (Å²) >= 11 is 11.8. The number of halogens is 4. The highest BCUT2D eigenvalue weighted by atomic mass is 35.5. The standard InChI is InChI=1S/C10H15Cl2FN2O.ClH/c1-5(7-3-10(7,11)12)15-9(16)8-2-6(13)4-14-8;/h5-8,14H,2-4H2,1H3,(H,15,16);1H/t5?,6-,7-,8+;/m1./s1. The van der Waals surface area contributed by atoms with E-state index >= 15 is 0 Å². The van der Waals surface area contributed by atoms with Gasteiger partial charge in [0, 0.05) is 24.9 Å². The van der Waals surface area contributed by atoms with Crippen LogP contribution >= 0.6 is 35.6 Å². The number of carbonyl (C=O) groups excluding carboxylic acids is 1. The summed E-state index contributed by atoms with van der Waals surface area (Å²) in [5, 5.41) is 5.66. The predicted octanol–water partition coefficient (Wildman–Crippen LogP) is 1.81. The molecule has 0 radical (unpaired) electrons. The zero-order valence-electron chi connectivity index (χ0n) is 9.38. The highest BCUT2D eigenvalue weighted by molar-refractivity contribution is 6.50. The average molecular weight is 306 g/mol. The Morgan fingerprint density at radius 3 is 2.59 bits per heavy atom. The number of hydrogen-bond donors (Lipinski definition) is 2. The summed E-state index contributed by atoms with van der Waals surface area (Å²) in [7, 11) is 0. The first-order valence-electron chi connectivity index (χ1n) is 5.46. The van der Waals surface area contributed by atoms with Crippen LogP contribution in [0.25, 0.3) is 0 Å². The van der Waals surface area contributed by atoms with Crippen molar-refractivity contribution in [1.82, 2.24) is 10.6 Å². The van der Waals surface area contributed by atoms with Gasteiger partial charge < -0.3 is 10.6 Å². The third kappa shape index (κ3) is 3.60. The van der Waals surface area contributed by atoms with E-state index in [-0.39, 0.29) is 43.2 Å². The van der Waals surface area contributed by atoms with Crippen LogP contribution in [0.2, 0.25) is 0 Å². The van der Waals surface area contributed by atoms with Gasteiger partial charge in [0.25, 0.3) is 0 Å². The molecule has 1 aliphatic carbocycles. The third-order valence-corrected chi connectivity index (χ3v) is 4.11. The van der Waals surface area contributed by atoms with Crippen molar-refractivity contribution in [2.45, 2.75) is 42.4 Å². The van der Waals surface area contributed by atoms with Gasteiger partial charge in [-0.25, -0.2) is 4.39 Å². The molecule has 4 atom stereocenters. The van der Waals surface area contributed by atoms with Crippen molar-refractivity contribution in [2.75, 3.05) is 6.54 Å². The summed E-state index contributed by atoms with van der Waals surface area (Å²) in [6.07, 6.45) is 0.0180. The molecule has 1 unspecified atom stereocenters. The Kier molecular flexibility index (Phi) is 4.92. The third-order valence-electron chi connectivity index (χ3n) is 3.24. The van der Waals surface area contributed by atoms with Crippen LogP contribution in [0.4, 0.5) is 4.39 Å². The Morgan fingerprint density at radius 1 is 1.59 bits per heavy atom. The Labute approximate surface area is 116 Å². The van der Waals surface area contributed by atoms with Crippen LogP contribution in [0.3, 0.4) is 0 Å². The zero-order valence-corrected chi connectivity index (χ0v) is 11.7. The summed E-state index contributed by atoms with van der Waals surface area (Å²) in [4.78, 5) is 11.7. The number of carbonyl (C=O) groups is 1. The van der Waals surface area contributed by atoms with E-state index in [0.717, 1.165) is 0 Å². The van der Waals surface area contributed by atoms with E-state index in [9.17, 15) is 9.18 Å². The van der Waals surface area contributed by atoms with Gasteiger partial charge >= 0.3 is 0 Å². The summed E-state index contributed by atoms with van der Waals surface area (Å²) < 4.78 is 12.2. The predicted molar refractivity (Wildman–Crippen MR) is 68.7 cm³/mol. The molecule has 0 aromatic heterocycles. The number of alkyl halides is 3. The molecule has 7 heteroatoms. The quantitative estimate of drug-likeness (QED) is 0.781. The molecule has 100 valence electrons. The van der Waals surface area contributed by atoms with Crippen molar-refractivity contribution in [3.63, 3.8) is 0 Å². The largest absolute Gasteiger partial charge is 0.352 e. The topological polar surface area (TPSA) is 41.1 Å². The molecular formula is C10H16Cl3FN2O. The van der Waals surface area contributed by atoms with Crippen molar-refractivity contribution in [3.05, 3.63) is 0 Å². The van der Waals surface area contributed by atoms with Gasteiger partial charge in [0.1, 0.15) is 10.5 Å². The molecule has 2 aliphatic rings. The maximum absolute atomic E-state index is 12.9. The highest BCUT2D eigenvalue weighted by Gasteiger charge is 2.54. The SMILES string of the molecule is CC(NC(=O)[C@@H]1C[C@@H](F)CN1)[C@H]1CC1(Cl)Cl.Cl. The number of hydrogen-bond acceptors (Lipinski definition) is 2. The fourth-order valence-electron chi connectivity index (χ4n) is 2.09. The fraction of sp³-hybridized carbons (Fsp3) is 0.900. The molecule has 0 bridgehead atoms. The van der Waals surface area contributed by atoms with E-state index in [0.29, 0.717) is 6.42 Å². The van der Waals surface area contributed by atoms with Gasteiger partial charge in [0.2, 0.25) is 5.91 Å². The molecule has 0 aromatic carbocycles. The second kappa shape index (κ2) is 5.47. The van der Waals surface area contributed by atoms with Crippen LogP contribution < -0.4 is 10.6 Å². The first-order chi connectivity index (χ1) is 7.40. The van der Waals surface area contributed by atoms with Crippen LogP contribution in [0.15, 0.2) is 0 Å². The minimum absolute atomic E-state index is 0. The van der Waals surface area contributed by atoms with Crippen molar-refractivity contribution < 1.29 is 9.18 Å². The van der Waals surface area contributed by atoms with Crippen molar-refractivity contribution in [2.24, 2.45) is 5.92 Å². The molecule has 1 heterocycles. The van der Waals surface area contributed by atoms with E-state index in [4.69, 9.17) is 23.2 Å². The van der Waals surface area contributed by atoms with Crippen LogP contribution in [-0.4, -0.2) is 35.0 Å². The van der Waals surface area contributed by atoms with E-state index in [2.05, 4.69) is 10.6 Å². The van der Waals surface area contributed by atoms with E-state index in [1.165, 1.54) is 0 Å². The zero-order chi connectivity index (χ0) is 11.9. The lowest BCUT2D eigenvalue weighted by molar-refractivity contribution is -0.123. The minimum atomic E-state index is -0.924. The Balaban J connectivity index is 0.00000144. The smallest absolute Gasteiger partial charge is 0.237 e. The van der Waals surface area contributed by atoms with Crippen molar-refractivity contribution in [3.8, 4) is 0 Å². The summed E-state index contributed by atoms with van der Waals surface area (Å²) in [5.41, 5.74) is 0. The number of nitrogens with one attached hydrogen (secondary N) is 2. The monoisotopic (exact) mass is 304 g/mol. The lowest BCUT2D eigenvalue weighted by atomic mass is 10.1.